The molecule has 0 aromatic heterocycles. The molecule has 1 heterocycles. The lowest BCUT2D eigenvalue weighted by Gasteiger charge is -2.35. The molecule has 2 atom stereocenters. The Bertz CT molecular complexity index is 377. The maximum atomic E-state index is 6.36. The summed E-state index contributed by atoms with van der Waals surface area (Å²) in [5.74, 6) is 0. The van der Waals surface area contributed by atoms with Crippen LogP contribution in [0.2, 0.25) is 0 Å². The summed E-state index contributed by atoms with van der Waals surface area (Å²) in [5, 5.41) is 0. The van der Waals surface area contributed by atoms with Crippen molar-refractivity contribution in [3.05, 3.63) is 35.4 Å². The first-order chi connectivity index (χ1) is 9.24. The van der Waals surface area contributed by atoms with E-state index in [2.05, 4.69) is 43.0 Å². The molecule has 2 N–H and O–H groups in total. The normalized spacial score (nSPS) is 22.4. The Morgan fingerprint density at radius 1 is 1.32 bits per heavy atom. The smallest absolute Gasteiger partial charge is 0.0894 e. The summed E-state index contributed by atoms with van der Waals surface area (Å²) in [7, 11) is 0. The molecule has 3 heteroatoms. The third-order valence-electron chi connectivity index (χ3n) is 3.93. The maximum Gasteiger partial charge on any atom is 0.0894 e. The number of benzene rings is 1. The van der Waals surface area contributed by atoms with E-state index in [0.29, 0.717) is 0 Å². The molecule has 1 saturated heterocycles. The zero-order valence-corrected chi connectivity index (χ0v) is 12.1. The monoisotopic (exact) mass is 262 g/mol. The molecule has 2 rings (SSSR count). The third kappa shape index (κ3) is 3.78. The molecule has 2 unspecified atom stereocenters. The van der Waals surface area contributed by atoms with Crippen molar-refractivity contribution >= 4 is 0 Å². The standard InChI is InChI=1S/C16H26N2O/c1-3-5-13-6-8-14(9-7-13)16(17)15-12-18(4-2)10-11-19-15/h6-9,15-16H,3-5,10-12,17H2,1-2H3. The van der Waals surface area contributed by atoms with Gasteiger partial charge in [0, 0.05) is 13.1 Å². The fraction of sp³-hybridized carbons (Fsp3) is 0.625. The van der Waals surface area contributed by atoms with Crippen molar-refractivity contribution in [1.82, 2.24) is 4.90 Å². The molecule has 1 fully saturated rings. The van der Waals surface area contributed by atoms with Crippen molar-refractivity contribution in [2.24, 2.45) is 5.73 Å². The van der Waals surface area contributed by atoms with Gasteiger partial charge in [-0.3, -0.25) is 4.90 Å². The number of nitrogens with two attached hydrogens (primary N) is 1. The topological polar surface area (TPSA) is 38.5 Å². The van der Waals surface area contributed by atoms with Gasteiger partial charge in [-0.25, -0.2) is 0 Å². The summed E-state index contributed by atoms with van der Waals surface area (Å²) in [5.41, 5.74) is 8.93. The SMILES string of the molecule is CCCc1ccc(C(N)C2CN(CC)CCO2)cc1. The molecule has 0 radical (unpaired) electrons. The van der Waals surface area contributed by atoms with Crippen molar-refractivity contribution in [2.45, 2.75) is 38.8 Å². The number of ether oxygens (including phenoxy) is 1. The van der Waals surface area contributed by atoms with Crippen molar-refractivity contribution in [1.29, 1.82) is 0 Å². The second-order valence-corrected chi connectivity index (χ2v) is 5.32. The van der Waals surface area contributed by atoms with E-state index in [9.17, 15) is 0 Å². The van der Waals surface area contributed by atoms with Gasteiger partial charge in [0.2, 0.25) is 0 Å². The van der Waals surface area contributed by atoms with Gasteiger partial charge >= 0.3 is 0 Å². The van der Waals surface area contributed by atoms with E-state index in [1.54, 1.807) is 0 Å². The van der Waals surface area contributed by atoms with Crippen molar-refractivity contribution in [3.8, 4) is 0 Å². The van der Waals surface area contributed by atoms with Gasteiger partial charge in [0.1, 0.15) is 0 Å². The van der Waals surface area contributed by atoms with Crippen LogP contribution in [0.25, 0.3) is 0 Å². The summed E-state index contributed by atoms with van der Waals surface area (Å²) in [4.78, 5) is 2.40. The van der Waals surface area contributed by atoms with E-state index in [0.717, 1.165) is 32.7 Å². The summed E-state index contributed by atoms with van der Waals surface area (Å²) in [6.07, 6.45) is 2.44. The van der Waals surface area contributed by atoms with Gasteiger partial charge in [-0.05, 0) is 24.1 Å². The van der Waals surface area contributed by atoms with Crippen LogP contribution in [-0.2, 0) is 11.2 Å². The number of morpholine rings is 1. The molecule has 0 amide bonds. The Morgan fingerprint density at radius 3 is 2.68 bits per heavy atom. The largest absolute Gasteiger partial charge is 0.374 e. The zero-order valence-electron chi connectivity index (χ0n) is 12.1. The highest BCUT2D eigenvalue weighted by molar-refractivity contribution is 5.25. The second-order valence-electron chi connectivity index (χ2n) is 5.32. The van der Waals surface area contributed by atoms with E-state index in [1.165, 1.54) is 17.5 Å². The zero-order chi connectivity index (χ0) is 13.7. The molecule has 0 spiro atoms. The first-order valence-corrected chi connectivity index (χ1v) is 7.43. The highest BCUT2D eigenvalue weighted by Crippen LogP contribution is 2.21. The number of rotatable bonds is 5. The minimum atomic E-state index is -0.0231. The Hall–Kier alpha value is -0.900. The minimum absolute atomic E-state index is 0.0231. The van der Waals surface area contributed by atoms with Crippen LogP contribution >= 0.6 is 0 Å². The quantitative estimate of drug-likeness (QED) is 0.885. The fourth-order valence-corrected chi connectivity index (χ4v) is 2.65. The van der Waals surface area contributed by atoms with Crippen LogP contribution in [0.1, 0.15) is 37.4 Å². The summed E-state index contributed by atoms with van der Waals surface area (Å²) in [6, 6.07) is 8.68. The van der Waals surface area contributed by atoms with Gasteiger partial charge in [-0.15, -0.1) is 0 Å². The van der Waals surface area contributed by atoms with Crippen LogP contribution in [0.4, 0.5) is 0 Å². The predicted octanol–water partition coefficient (Wildman–Crippen LogP) is 2.36. The average Bonchev–Trinajstić information content (AvgIpc) is 2.48. The molecule has 0 bridgehead atoms. The molecule has 19 heavy (non-hydrogen) atoms. The molecule has 1 aromatic carbocycles. The van der Waals surface area contributed by atoms with E-state index in [4.69, 9.17) is 10.5 Å². The summed E-state index contributed by atoms with van der Waals surface area (Å²) >= 11 is 0. The molecule has 0 saturated carbocycles. The van der Waals surface area contributed by atoms with Crippen LogP contribution in [0.3, 0.4) is 0 Å². The second kappa shape index (κ2) is 7.04. The Kier molecular flexibility index (Phi) is 5.37. The fourth-order valence-electron chi connectivity index (χ4n) is 2.65. The molecule has 106 valence electrons. The lowest BCUT2D eigenvalue weighted by Crippen LogP contribution is -2.46. The van der Waals surface area contributed by atoms with E-state index >= 15 is 0 Å². The first-order valence-electron chi connectivity index (χ1n) is 7.43. The van der Waals surface area contributed by atoms with Gasteiger partial charge in [0.15, 0.2) is 0 Å². The van der Waals surface area contributed by atoms with Gasteiger partial charge in [0.05, 0.1) is 18.8 Å². The molecular weight excluding hydrogens is 236 g/mol. The van der Waals surface area contributed by atoms with Crippen LogP contribution < -0.4 is 5.73 Å². The van der Waals surface area contributed by atoms with Gasteiger partial charge in [-0.2, -0.15) is 0 Å². The Labute approximate surface area is 116 Å². The third-order valence-corrected chi connectivity index (χ3v) is 3.93. The molecule has 3 nitrogen and oxygen atoms in total. The lowest BCUT2D eigenvalue weighted by atomic mass is 9.98. The van der Waals surface area contributed by atoms with Crippen molar-refractivity contribution in [3.63, 3.8) is 0 Å². The number of nitrogens with zero attached hydrogens (tertiary/aromatic N) is 1. The lowest BCUT2D eigenvalue weighted by molar-refractivity contribution is -0.0392. The minimum Gasteiger partial charge on any atom is -0.374 e. The van der Waals surface area contributed by atoms with Crippen molar-refractivity contribution < 1.29 is 4.74 Å². The number of aryl methyl sites for hydroxylation is 1. The van der Waals surface area contributed by atoms with Gasteiger partial charge in [0.25, 0.3) is 0 Å². The number of hydrogen-bond acceptors (Lipinski definition) is 3. The molecule has 1 aliphatic rings. The molecule has 1 aromatic rings. The van der Waals surface area contributed by atoms with Crippen LogP contribution in [-0.4, -0.2) is 37.2 Å². The van der Waals surface area contributed by atoms with Crippen LogP contribution in [0, 0.1) is 0 Å². The number of likely N-dealkylation sites (N-methyl/N-ethyl adjacent to an activating group) is 1. The van der Waals surface area contributed by atoms with E-state index in [1.807, 2.05) is 0 Å². The molecule has 1 aliphatic heterocycles. The van der Waals surface area contributed by atoms with E-state index in [-0.39, 0.29) is 12.1 Å². The highest BCUT2D eigenvalue weighted by Gasteiger charge is 2.25. The Balaban J connectivity index is 1.99. The predicted molar refractivity (Wildman–Crippen MR) is 79.2 cm³/mol. The maximum absolute atomic E-state index is 6.36. The van der Waals surface area contributed by atoms with E-state index < -0.39 is 0 Å². The molecule has 0 aliphatic carbocycles. The first kappa shape index (κ1) is 14.5. The van der Waals surface area contributed by atoms with Crippen molar-refractivity contribution in [2.75, 3.05) is 26.2 Å². The van der Waals surface area contributed by atoms with Crippen LogP contribution in [0.15, 0.2) is 24.3 Å². The summed E-state index contributed by atoms with van der Waals surface area (Å²) in [6.45, 7) is 8.22. The molecular formula is C16H26N2O. The summed E-state index contributed by atoms with van der Waals surface area (Å²) < 4.78 is 5.84. The Morgan fingerprint density at radius 2 is 2.05 bits per heavy atom. The van der Waals surface area contributed by atoms with Crippen LogP contribution in [0.5, 0.6) is 0 Å². The van der Waals surface area contributed by atoms with Gasteiger partial charge in [-0.1, -0.05) is 44.5 Å². The highest BCUT2D eigenvalue weighted by atomic mass is 16.5. The number of hydrogen-bond donors (Lipinski definition) is 1. The van der Waals surface area contributed by atoms with Gasteiger partial charge < -0.3 is 10.5 Å². The average molecular weight is 262 g/mol.